The van der Waals surface area contributed by atoms with Crippen LogP contribution in [0.25, 0.3) is 22.2 Å². The first-order chi connectivity index (χ1) is 23.0. The molecular weight excluding hydrogens is 682 g/mol. The zero-order chi connectivity index (χ0) is 34.0. The number of pyridine rings is 2. The van der Waals surface area contributed by atoms with Crippen molar-refractivity contribution >= 4 is 50.2 Å². The number of carbonyl (C=O) groups is 3. The van der Waals surface area contributed by atoms with Crippen molar-refractivity contribution in [2.45, 2.75) is 45.3 Å². The van der Waals surface area contributed by atoms with Crippen LogP contribution in [0.1, 0.15) is 35.2 Å². The minimum atomic E-state index is -0.828. The first-order valence-electron chi connectivity index (χ1n) is 15.6. The lowest BCUT2D eigenvalue weighted by Crippen LogP contribution is -2.49. The van der Waals surface area contributed by atoms with Crippen molar-refractivity contribution in [2.75, 3.05) is 38.2 Å². The number of nitrogens with one attached hydrogen (secondary N) is 1. The van der Waals surface area contributed by atoms with Gasteiger partial charge in [0.1, 0.15) is 34.5 Å². The normalized spacial score (nSPS) is 22.0. The summed E-state index contributed by atoms with van der Waals surface area (Å²) in [6, 6.07) is 4.54. The summed E-state index contributed by atoms with van der Waals surface area (Å²) >= 11 is 3.36. The molecular formula is C33H34BrN9O5. The number of halogens is 1. The second kappa shape index (κ2) is 11.9. The van der Waals surface area contributed by atoms with Gasteiger partial charge >= 0.3 is 0 Å². The number of carbonyl (C=O) groups excluding carboxylic acids is 3. The number of aliphatic hydroxyl groups excluding tert-OH is 2. The second-order valence-corrected chi connectivity index (χ2v) is 13.4. The fourth-order valence-corrected chi connectivity index (χ4v) is 7.55. The molecule has 48 heavy (non-hydrogen) atoms. The molecule has 0 radical (unpaired) electrons. The largest absolute Gasteiger partial charge is 0.395 e. The molecule has 2 aliphatic carbocycles. The molecule has 3 aliphatic rings. The summed E-state index contributed by atoms with van der Waals surface area (Å²) in [7, 11) is 0. The van der Waals surface area contributed by atoms with Gasteiger partial charge in [-0.3, -0.25) is 28.9 Å². The van der Waals surface area contributed by atoms with Crippen LogP contribution in [0.3, 0.4) is 0 Å². The number of likely N-dealkylation sites (tertiary alicyclic amines) is 1. The molecule has 14 nitrogen and oxygen atoms in total. The molecule has 3 N–H and O–H groups in total. The van der Waals surface area contributed by atoms with Crippen LogP contribution >= 0.6 is 15.9 Å². The van der Waals surface area contributed by atoms with Crippen LogP contribution in [0, 0.1) is 19.3 Å². The lowest BCUT2D eigenvalue weighted by atomic mass is 9.91. The van der Waals surface area contributed by atoms with Crippen LogP contribution in [-0.2, 0) is 16.1 Å². The molecule has 0 aromatic carbocycles. The van der Waals surface area contributed by atoms with Gasteiger partial charge in [-0.25, -0.2) is 15.0 Å². The van der Waals surface area contributed by atoms with Gasteiger partial charge in [0.05, 0.1) is 36.2 Å². The van der Waals surface area contributed by atoms with Crippen molar-refractivity contribution in [2.24, 2.45) is 5.41 Å². The number of Topliss-reactive ketones (excluding diaryl/α,β-unsaturated/α-hetero) is 1. The summed E-state index contributed by atoms with van der Waals surface area (Å²) in [5, 5.41) is 27.4. The fraction of sp³-hybridized carbons (Fsp3) is 0.394. The van der Waals surface area contributed by atoms with Gasteiger partial charge in [-0.05, 0) is 59.5 Å². The van der Waals surface area contributed by atoms with Crippen molar-refractivity contribution in [3.63, 3.8) is 0 Å². The molecule has 3 atom stereocenters. The number of hydrogen-bond acceptors (Lipinski definition) is 11. The van der Waals surface area contributed by atoms with Crippen molar-refractivity contribution in [1.82, 2.24) is 39.5 Å². The monoisotopic (exact) mass is 715 g/mol. The van der Waals surface area contributed by atoms with Crippen LogP contribution in [0.2, 0.25) is 0 Å². The van der Waals surface area contributed by atoms with E-state index >= 15 is 0 Å². The Labute approximate surface area is 284 Å². The molecule has 0 bridgehead atoms. The van der Waals surface area contributed by atoms with Crippen LogP contribution in [-0.4, -0.2) is 112 Å². The molecule has 2 amide bonds. The smallest absolute Gasteiger partial charge is 0.248 e. The van der Waals surface area contributed by atoms with E-state index in [1.165, 1.54) is 11.6 Å². The van der Waals surface area contributed by atoms with Gasteiger partial charge in [-0.15, -0.1) is 0 Å². The van der Waals surface area contributed by atoms with Gasteiger partial charge < -0.3 is 20.4 Å². The highest BCUT2D eigenvalue weighted by Gasteiger charge is 2.89. The molecule has 1 aliphatic heterocycles. The van der Waals surface area contributed by atoms with E-state index in [4.69, 9.17) is 0 Å². The number of aromatic nitrogens is 6. The molecule has 15 heteroatoms. The van der Waals surface area contributed by atoms with Crippen molar-refractivity contribution < 1.29 is 24.6 Å². The van der Waals surface area contributed by atoms with Gasteiger partial charge in [0, 0.05) is 55.3 Å². The number of ketones is 1. The summed E-state index contributed by atoms with van der Waals surface area (Å²) in [4.78, 5) is 62.2. The third-order valence-corrected chi connectivity index (χ3v) is 10.1. The van der Waals surface area contributed by atoms with Crippen molar-refractivity contribution in [1.29, 1.82) is 0 Å². The Morgan fingerprint density at radius 2 is 1.81 bits per heavy atom. The van der Waals surface area contributed by atoms with Crippen LogP contribution in [0.5, 0.6) is 0 Å². The number of fused-ring (bicyclic) bond motifs is 2. The van der Waals surface area contributed by atoms with E-state index in [9.17, 15) is 24.6 Å². The van der Waals surface area contributed by atoms with Gasteiger partial charge in [0.25, 0.3) is 0 Å². The minimum Gasteiger partial charge on any atom is -0.395 e. The molecule has 7 rings (SSSR count). The van der Waals surface area contributed by atoms with Gasteiger partial charge in [0.2, 0.25) is 11.8 Å². The number of nitrogens with zero attached hydrogens (tertiary/aromatic N) is 8. The SMILES string of the molecule is CC(=O)c1nn(CC(=O)N2[C@H](C(=O)Nc3nc(Br)ccc3C)C[C@@]3(CN(CCO)CCO)C4=C[C@@]423)c2cnc(-c3cnc(C)nc3)cc12. The van der Waals surface area contributed by atoms with Gasteiger partial charge in [-0.1, -0.05) is 12.1 Å². The second-order valence-electron chi connectivity index (χ2n) is 12.6. The van der Waals surface area contributed by atoms with E-state index in [1.807, 2.05) is 24.0 Å². The molecule has 4 aromatic rings. The maximum Gasteiger partial charge on any atom is 0.248 e. The first-order valence-corrected chi connectivity index (χ1v) is 16.4. The van der Waals surface area contributed by atoms with E-state index in [0.717, 1.165) is 11.1 Å². The highest BCUT2D eigenvalue weighted by molar-refractivity contribution is 9.10. The number of anilines is 1. The average Bonchev–Trinajstić information content (AvgIpc) is 3.84. The van der Waals surface area contributed by atoms with Crippen LogP contribution in [0.4, 0.5) is 5.82 Å². The summed E-state index contributed by atoms with van der Waals surface area (Å²) in [6.07, 6.45) is 7.28. The summed E-state index contributed by atoms with van der Waals surface area (Å²) < 4.78 is 2.03. The Hall–Kier alpha value is -4.44. The lowest BCUT2D eigenvalue weighted by molar-refractivity contribution is -0.139. The van der Waals surface area contributed by atoms with E-state index in [1.54, 1.807) is 42.5 Å². The molecule has 1 saturated carbocycles. The third-order valence-electron chi connectivity index (χ3n) is 9.63. The molecule has 248 valence electrons. The first kappa shape index (κ1) is 32.1. The Bertz CT molecular complexity index is 2010. The summed E-state index contributed by atoms with van der Waals surface area (Å²) in [5.41, 5.74) is 2.60. The zero-order valence-corrected chi connectivity index (χ0v) is 28.2. The standard InChI is InChI=1S/C33H34BrN9O5/c1-18-4-5-27(34)38-30(18)39-31(48)24-11-32(17-41(6-8-44)7-9-45)26-12-33(26,32)43(24)28(47)16-42-25-15-37-23(21-13-35-20(3)36-14-21)10-22(25)29(40-42)19(2)46/h4-5,10,12-15,24,44-45H,6-9,11,16-17H2,1-3H3,(H,38,39,48)/t24-,32+,33-/m0/s1. The molecule has 1 saturated heterocycles. The Morgan fingerprint density at radius 1 is 1.08 bits per heavy atom. The number of rotatable bonds is 12. The van der Waals surface area contributed by atoms with Crippen molar-refractivity contribution in [3.05, 3.63) is 70.1 Å². The molecule has 2 fully saturated rings. The minimum absolute atomic E-state index is 0.0833. The van der Waals surface area contributed by atoms with E-state index in [-0.39, 0.29) is 43.1 Å². The highest BCUT2D eigenvalue weighted by Crippen LogP contribution is 2.83. The molecule has 5 heterocycles. The van der Waals surface area contributed by atoms with Gasteiger partial charge in [-0.2, -0.15) is 5.10 Å². The Kier molecular flexibility index (Phi) is 7.97. The van der Waals surface area contributed by atoms with Crippen LogP contribution in [0.15, 0.2) is 53.0 Å². The van der Waals surface area contributed by atoms with E-state index < -0.39 is 17.0 Å². The van der Waals surface area contributed by atoms with E-state index in [0.29, 0.717) is 64.5 Å². The van der Waals surface area contributed by atoms with Crippen LogP contribution < -0.4 is 5.32 Å². The van der Waals surface area contributed by atoms with Gasteiger partial charge in [0.15, 0.2) is 5.78 Å². The van der Waals surface area contributed by atoms with E-state index in [2.05, 4.69) is 46.3 Å². The Balaban J connectivity index is 1.22. The number of piperidine rings is 1. The summed E-state index contributed by atoms with van der Waals surface area (Å²) in [6.45, 7) is 5.84. The topological polar surface area (TPSA) is 180 Å². The third kappa shape index (κ3) is 5.12. The number of hydrogen-bond donors (Lipinski definition) is 3. The maximum atomic E-state index is 14.4. The molecule has 1 spiro atoms. The number of aryl methyl sites for hydroxylation is 2. The molecule has 4 aromatic heterocycles. The highest BCUT2D eigenvalue weighted by atomic mass is 79.9. The van der Waals surface area contributed by atoms with Crippen molar-refractivity contribution in [3.8, 4) is 11.3 Å². The average molecular weight is 717 g/mol. The summed E-state index contributed by atoms with van der Waals surface area (Å²) in [5.74, 6) is 0.0400. The molecule has 0 unspecified atom stereocenters. The Morgan fingerprint density at radius 3 is 2.48 bits per heavy atom. The quantitative estimate of drug-likeness (QED) is 0.111. The fourth-order valence-electron chi connectivity index (χ4n) is 7.24. The lowest BCUT2D eigenvalue weighted by Gasteiger charge is -2.29. The maximum absolute atomic E-state index is 14.4. The zero-order valence-electron chi connectivity index (χ0n) is 26.6. The number of aliphatic hydroxyl groups is 2. The predicted molar refractivity (Wildman–Crippen MR) is 178 cm³/mol. The predicted octanol–water partition coefficient (Wildman–Crippen LogP) is 2.07. The number of amides is 2.